The molecule has 15 heavy (non-hydrogen) atoms. The molecule has 0 radical (unpaired) electrons. The Hall–Kier alpha value is -0.420. The fraction of sp³-hybridized carbons (Fsp3) is 0.400. The van der Waals surface area contributed by atoms with E-state index in [1.54, 1.807) is 0 Å². The summed E-state index contributed by atoms with van der Waals surface area (Å²) in [6.45, 7) is 3.81. The van der Waals surface area contributed by atoms with Crippen molar-refractivity contribution in [1.82, 2.24) is 9.97 Å². The molecule has 0 amide bonds. The smallest absolute Gasteiger partial charge is 0.133 e. The van der Waals surface area contributed by atoms with Gasteiger partial charge in [0.15, 0.2) is 0 Å². The zero-order valence-corrected chi connectivity index (χ0v) is 11.5. The Bertz CT molecular complexity index is 383. The van der Waals surface area contributed by atoms with Gasteiger partial charge in [0.05, 0.1) is 6.54 Å². The molecule has 0 aliphatic carbocycles. The zero-order valence-electron chi connectivity index (χ0n) is 8.37. The van der Waals surface area contributed by atoms with Gasteiger partial charge < -0.3 is 4.90 Å². The number of nitrogens with zero attached hydrogens (tertiary/aromatic N) is 3. The van der Waals surface area contributed by atoms with E-state index in [9.17, 15) is 0 Å². The zero-order chi connectivity index (χ0) is 10.8. The lowest BCUT2D eigenvalue weighted by Gasteiger charge is -2.26. The van der Waals surface area contributed by atoms with Crippen LogP contribution in [0.3, 0.4) is 0 Å². The molecule has 1 aliphatic rings. The maximum Gasteiger partial charge on any atom is 0.133 e. The van der Waals surface area contributed by atoms with E-state index in [0.717, 1.165) is 35.8 Å². The molecular formula is C10H11Br2N3. The van der Waals surface area contributed by atoms with Gasteiger partial charge in [0.2, 0.25) is 0 Å². The number of rotatable bonds is 1. The number of hydrogen-bond donors (Lipinski definition) is 0. The first-order valence-corrected chi connectivity index (χ1v) is 6.34. The van der Waals surface area contributed by atoms with Crippen LogP contribution in [-0.2, 0) is 0 Å². The van der Waals surface area contributed by atoms with Gasteiger partial charge in [0.25, 0.3) is 0 Å². The SMILES string of the molecule is Cc1nc(Br)cc(N2CCC=C(Br)C2)n1. The standard InChI is InChI=1S/C10H11Br2N3/c1-7-13-9(12)5-10(14-7)15-4-2-3-8(11)6-15/h3,5H,2,4,6H2,1H3. The molecule has 0 saturated heterocycles. The Morgan fingerprint density at radius 3 is 2.80 bits per heavy atom. The second kappa shape index (κ2) is 4.61. The maximum absolute atomic E-state index is 4.43. The summed E-state index contributed by atoms with van der Waals surface area (Å²) in [6, 6.07) is 1.96. The summed E-state index contributed by atoms with van der Waals surface area (Å²) in [5.74, 6) is 1.78. The van der Waals surface area contributed by atoms with Crippen LogP contribution in [0.2, 0.25) is 0 Å². The Morgan fingerprint density at radius 2 is 2.13 bits per heavy atom. The molecule has 0 spiro atoms. The van der Waals surface area contributed by atoms with Crippen molar-refractivity contribution in [3.63, 3.8) is 0 Å². The highest BCUT2D eigenvalue weighted by Gasteiger charge is 2.13. The van der Waals surface area contributed by atoms with Gasteiger partial charge in [-0.15, -0.1) is 0 Å². The van der Waals surface area contributed by atoms with Gasteiger partial charge >= 0.3 is 0 Å². The van der Waals surface area contributed by atoms with Crippen molar-refractivity contribution in [3.05, 3.63) is 27.1 Å². The van der Waals surface area contributed by atoms with Gasteiger partial charge in [0, 0.05) is 17.1 Å². The summed E-state index contributed by atoms with van der Waals surface area (Å²) < 4.78 is 2.07. The predicted octanol–water partition coefficient (Wildman–Crippen LogP) is 3.04. The number of aromatic nitrogens is 2. The lowest BCUT2D eigenvalue weighted by molar-refractivity contribution is 0.792. The summed E-state index contributed by atoms with van der Waals surface area (Å²) in [5.41, 5.74) is 0. The topological polar surface area (TPSA) is 29.0 Å². The Morgan fingerprint density at radius 1 is 1.33 bits per heavy atom. The third kappa shape index (κ3) is 2.78. The molecule has 0 N–H and O–H groups in total. The lowest BCUT2D eigenvalue weighted by Crippen LogP contribution is -2.29. The summed E-state index contributed by atoms with van der Waals surface area (Å²) in [5, 5.41) is 0. The van der Waals surface area contributed by atoms with Crippen LogP contribution in [-0.4, -0.2) is 23.1 Å². The number of hydrogen-bond acceptors (Lipinski definition) is 3. The van der Waals surface area contributed by atoms with Crippen molar-refractivity contribution in [2.75, 3.05) is 18.0 Å². The first kappa shape index (κ1) is 11.1. The van der Waals surface area contributed by atoms with Crippen molar-refractivity contribution in [1.29, 1.82) is 0 Å². The van der Waals surface area contributed by atoms with Crippen molar-refractivity contribution in [2.24, 2.45) is 0 Å². The third-order valence-electron chi connectivity index (χ3n) is 2.22. The second-order valence-electron chi connectivity index (χ2n) is 3.46. The van der Waals surface area contributed by atoms with Gasteiger partial charge in [0.1, 0.15) is 16.2 Å². The minimum atomic E-state index is 0.796. The lowest BCUT2D eigenvalue weighted by atomic mass is 10.2. The quantitative estimate of drug-likeness (QED) is 0.740. The first-order valence-electron chi connectivity index (χ1n) is 4.76. The molecule has 0 unspecified atom stereocenters. The molecular weight excluding hydrogens is 322 g/mol. The Kier molecular flexibility index (Phi) is 3.41. The van der Waals surface area contributed by atoms with Crippen molar-refractivity contribution < 1.29 is 0 Å². The molecule has 0 saturated carbocycles. The van der Waals surface area contributed by atoms with Gasteiger partial charge in [-0.05, 0) is 29.3 Å². The first-order chi connectivity index (χ1) is 7.15. The van der Waals surface area contributed by atoms with Gasteiger partial charge in [-0.1, -0.05) is 22.0 Å². The fourth-order valence-corrected chi connectivity index (χ4v) is 2.57. The highest BCUT2D eigenvalue weighted by atomic mass is 79.9. The summed E-state index contributed by atoms with van der Waals surface area (Å²) in [6.07, 6.45) is 3.26. The third-order valence-corrected chi connectivity index (χ3v) is 3.20. The predicted molar refractivity (Wildman–Crippen MR) is 68.3 cm³/mol. The van der Waals surface area contributed by atoms with Crippen LogP contribution >= 0.6 is 31.9 Å². The van der Waals surface area contributed by atoms with E-state index in [4.69, 9.17) is 0 Å². The summed E-state index contributed by atoms with van der Waals surface area (Å²) >= 11 is 6.92. The number of halogens is 2. The van der Waals surface area contributed by atoms with Crippen LogP contribution in [0.25, 0.3) is 0 Å². The molecule has 1 aromatic rings. The van der Waals surface area contributed by atoms with Crippen LogP contribution in [0.5, 0.6) is 0 Å². The van der Waals surface area contributed by atoms with Crippen LogP contribution in [0.1, 0.15) is 12.2 Å². The van der Waals surface area contributed by atoms with Gasteiger partial charge in [-0.3, -0.25) is 0 Å². The molecule has 0 fully saturated rings. The second-order valence-corrected chi connectivity index (χ2v) is 5.29. The highest BCUT2D eigenvalue weighted by Crippen LogP contribution is 2.22. The van der Waals surface area contributed by atoms with E-state index < -0.39 is 0 Å². The monoisotopic (exact) mass is 331 g/mol. The Balaban J connectivity index is 2.26. The van der Waals surface area contributed by atoms with E-state index in [2.05, 4.69) is 52.8 Å². The fourth-order valence-electron chi connectivity index (χ4n) is 1.58. The highest BCUT2D eigenvalue weighted by molar-refractivity contribution is 9.11. The van der Waals surface area contributed by atoms with Crippen molar-refractivity contribution in [3.8, 4) is 0 Å². The van der Waals surface area contributed by atoms with Crippen LogP contribution in [0.4, 0.5) is 5.82 Å². The van der Waals surface area contributed by atoms with E-state index in [0.29, 0.717) is 0 Å². The average Bonchev–Trinajstić information content (AvgIpc) is 2.16. The molecule has 0 bridgehead atoms. The molecule has 1 aromatic heterocycles. The molecule has 1 aliphatic heterocycles. The molecule has 80 valence electrons. The van der Waals surface area contributed by atoms with E-state index >= 15 is 0 Å². The average molecular weight is 333 g/mol. The van der Waals surface area contributed by atoms with Crippen molar-refractivity contribution in [2.45, 2.75) is 13.3 Å². The summed E-state index contributed by atoms with van der Waals surface area (Å²) in [4.78, 5) is 10.9. The van der Waals surface area contributed by atoms with E-state index in [-0.39, 0.29) is 0 Å². The van der Waals surface area contributed by atoms with E-state index in [1.165, 1.54) is 4.48 Å². The van der Waals surface area contributed by atoms with E-state index in [1.807, 2.05) is 13.0 Å². The summed E-state index contributed by atoms with van der Waals surface area (Å²) in [7, 11) is 0. The normalized spacial score (nSPS) is 16.5. The minimum absolute atomic E-state index is 0.796. The minimum Gasteiger partial charge on any atom is -0.351 e. The van der Waals surface area contributed by atoms with Crippen LogP contribution in [0.15, 0.2) is 21.2 Å². The maximum atomic E-state index is 4.43. The van der Waals surface area contributed by atoms with Crippen molar-refractivity contribution >= 4 is 37.7 Å². The van der Waals surface area contributed by atoms with Gasteiger partial charge in [-0.25, -0.2) is 9.97 Å². The van der Waals surface area contributed by atoms with Gasteiger partial charge in [-0.2, -0.15) is 0 Å². The molecule has 0 aromatic carbocycles. The molecule has 2 heterocycles. The molecule has 5 heteroatoms. The van der Waals surface area contributed by atoms with Crippen LogP contribution < -0.4 is 4.90 Å². The van der Waals surface area contributed by atoms with Crippen LogP contribution in [0, 0.1) is 6.92 Å². The molecule has 2 rings (SSSR count). The largest absolute Gasteiger partial charge is 0.351 e. The molecule has 3 nitrogen and oxygen atoms in total. The number of anilines is 1. The number of aryl methyl sites for hydroxylation is 1. The Labute approximate surface area is 106 Å². The molecule has 0 atom stereocenters.